The molecule has 14 heavy (non-hydrogen) atoms. The van der Waals surface area contributed by atoms with E-state index in [1.807, 2.05) is 0 Å². The molecule has 0 bridgehead atoms. The van der Waals surface area contributed by atoms with Gasteiger partial charge in [-0.2, -0.15) is 0 Å². The predicted octanol–water partition coefficient (Wildman–Crippen LogP) is 1.77. The lowest BCUT2D eigenvalue weighted by molar-refractivity contribution is -0.390. The van der Waals surface area contributed by atoms with Crippen molar-refractivity contribution < 1.29 is 23.2 Å². The van der Waals surface area contributed by atoms with Crippen molar-refractivity contribution in [3.63, 3.8) is 0 Å². The summed E-state index contributed by atoms with van der Waals surface area (Å²) < 4.78 is 36.7. The van der Waals surface area contributed by atoms with Crippen molar-refractivity contribution in [3.8, 4) is 5.75 Å². The fourth-order valence-electron chi connectivity index (χ4n) is 0.758. The number of pyridine rings is 1. The van der Waals surface area contributed by atoms with E-state index in [1.165, 1.54) is 0 Å². The first-order valence-corrected chi connectivity index (χ1v) is 3.25. The van der Waals surface area contributed by atoms with E-state index in [0.717, 1.165) is 0 Å². The molecular weight excluding hydrogens is 205 g/mol. The lowest BCUT2D eigenvalue weighted by Crippen LogP contribution is -1.99. The van der Waals surface area contributed by atoms with E-state index >= 15 is 0 Å². The van der Waals surface area contributed by atoms with Crippen LogP contribution in [0.2, 0.25) is 0 Å². The molecular formula is C6H3F3N2O3. The van der Waals surface area contributed by atoms with Crippen LogP contribution in [-0.4, -0.2) is 15.0 Å². The summed E-state index contributed by atoms with van der Waals surface area (Å²) >= 11 is 0. The van der Waals surface area contributed by atoms with Crippen molar-refractivity contribution in [3.05, 3.63) is 27.7 Å². The molecule has 0 saturated carbocycles. The third kappa shape index (κ3) is 1.73. The van der Waals surface area contributed by atoms with Gasteiger partial charge in [-0.05, 0) is 9.91 Å². The summed E-state index contributed by atoms with van der Waals surface area (Å²) in [5.41, 5.74) is -1.34. The van der Waals surface area contributed by atoms with Crippen molar-refractivity contribution in [2.75, 3.05) is 0 Å². The molecule has 0 amide bonds. The molecule has 1 aromatic heterocycles. The average Bonchev–Trinajstić information content (AvgIpc) is 2.08. The first kappa shape index (κ1) is 10.2. The van der Waals surface area contributed by atoms with Gasteiger partial charge in [-0.1, -0.05) is 0 Å². The van der Waals surface area contributed by atoms with Gasteiger partial charge in [0.25, 0.3) is 5.69 Å². The molecule has 0 saturated heterocycles. The fourth-order valence-corrected chi connectivity index (χ4v) is 0.758. The zero-order valence-corrected chi connectivity index (χ0v) is 6.45. The predicted molar refractivity (Wildman–Crippen MR) is 37.5 cm³/mol. The van der Waals surface area contributed by atoms with E-state index in [2.05, 4.69) is 4.98 Å². The second-order valence-electron chi connectivity index (χ2n) is 2.25. The summed E-state index contributed by atoms with van der Waals surface area (Å²) in [4.78, 5) is 11.8. The van der Waals surface area contributed by atoms with Gasteiger partial charge >= 0.3 is 12.2 Å². The topological polar surface area (TPSA) is 76.3 Å². The van der Waals surface area contributed by atoms with Crippen LogP contribution in [-0.2, 0) is 0 Å². The summed E-state index contributed by atoms with van der Waals surface area (Å²) in [6.45, 7) is 0. The van der Waals surface area contributed by atoms with Gasteiger partial charge < -0.3 is 15.2 Å². The highest BCUT2D eigenvalue weighted by atomic mass is 19.3. The largest absolute Gasteiger partial charge is 0.502 e. The summed E-state index contributed by atoms with van der Waals surface area (Å²) in [5, 5.41) is 18.8. The van der Waals surface area contributed by atoms with Crippen molar-refractivity contribution in [1.82, 2.24) is 4.98 Å². The molecule has 0 unspecified atom stereocenters. The Kier molecular flexibility index (Phi) is 2.54. The monoisotopic (exact) mass is 208 g/mol. The number of aromatic hydroxyl groups is 1. The Morgan fingerprint density at radius 1 is 1.57 bits per heavy atom. The van der Waals surface area contributed by atoms with Gasteiger partial charge in [0, 0.05) is 0 Å². The normalized spacial score (nSPS) is 10.6. The molecule has 1 rings (SSSR count). The number of nitro groups is 1. The summed E-state index contributed by atoms with van der Waals surface area (Å²) in [5.74, 6) is -3.94. The van der Waals surface area contributed by atoms with E-state index in [0.29, 0.717) is 0 Å². The van der Waals surface area contributed by atoms with Crippen molar-refractivity contribution in [2.24, 2.45) is 0 Å². The Hall–Kier alpha value is -1.86. The fraction of sp³-hybridized carbons (Fsp3) is 0.167. The molecule has 0 aromatic carbocycles. The smallest absolute Gasteiger partial charge is 0.367 e. The number of hydrogen-bond donors (Lipinski definition) is 1. The van der Waals surface area contributed by atoms with Crippen LogP contribution >= 0.6 is 0 Å². The Morgan fingerprint density at radius 3 is 2.57 bits per heavy atom. The van der Waals surface area contributed by atoms with Crippen LogP contribution in [0.15, 0.2) is 6.07 Å². The second kappa shape index (κ2) is 3.48. The van der Waals surface area contributed by atoms with Crippen molar-refractivity contribution >= 4 is 5.82 Å². The van der Waals surface area contributed by atoms with Crippen LogP contribution in [0.1, 0.15) is 12.1 Å². The maximum Gasteiger partial charge on any atom is 0.367 e. The Balaban J connectivity index is 3.35. The number of hydrogen-bond acceptors (Lipinski definition) is 4. The minimum absolute atomic E-state index is 0.265. The van der Waals surface area contributed by atoms with Crippen molar-refractivity contribution in [2.45, 2.75) is 6.43 Å². The van der Waals surface area contributed by atoms with E-state index in [-0.39, 0.29) is 6.07 Å². The first-order chi connectivity index (χ1) is 6.43. The standard InChI is InChI=1S/C6H3F3N2O3/c7-2-1-3(11(13)14)10-4(5(2)12)6(8)9/h1,6,12H. The van der Waals surface area contributed by atoms with E-state index < -0.39 is 34.4 Å². The zero-order chi connectivity index (χ0) is 10.9. The maximum atomic E-state index is 12.6. The van der Waals surface area contributed by atoms with Gasteiger partial charge in [0.15, 0.2) is 5.82 Å². The highest BCUT2D eigenvalue weighted by Gasteiger charge is 2.27. The van der Waals surface area contributed by atoms with E-state index in [9.17, 15) is 23.3 Å². The molecule has 0 spiro atoms. The highest BCUT2D eigenvalue weighted by Crippen LogP contribution is 2.30. The first-order valence-electron chi connectivity index (χ1n) is 3.25. The minimum Gasteiger partial charge on any atom is -0.502 e. The van der Waals surface area contributed by atoms with Crippen LogP contribution < -0.4 is 0 Å². The number of alkyl halides is 2. The van der Waals surface area contributed by atoms with Crippen LogP contribution in [0.4, 0.5) is 19.0 Å². The summed E-state index contributed by atoms with van der Waals surface area (Å²) in [7, 11) is 0. The molecule has 1 N–H and O–H groups in total. The average molecular weight is 208 g/mol. The molecule has 1 heterocycles. The van der Waals surface area contributed by atoms with Crippen LogP contribution in [0.25, 0.3) is 0 Å². The second-order valence-corrected chi connectivity index (χ2v) is 2.25. The molecule has 5 nitrogen and oxygen atoms in total. The summed E-state index contributed by atoms with van der Waals surface area (Å²) in [6.07, 6.45) is -3.27. The molecule has 8 heteroatoms. The molecule has 0 aliphatic carbocycles. The van der Waals surface area contributed by atoms with Gasteiger partial charge in [-0.15, -0.1) is 0 Å². The number of aromatic nitrogens is 1. The molecule has 1 aromatic rings. The van der Waals surface area contributed by atoms with Gasteiger partial charge in [0.1, 0.15) is 0 Å². The molecule has 0 fully saturated rings. The third-order valence-corrected chi connectivity index (χ3v) is 1.35. The van der Waals surface area contributed by atoms with Crippen LogP contribution in [0.5, 0.6) is 5.75 Å². The Bertz CT molecular complexity index is 383. The van der Waals surface area contributed by atoms with Crippen molar-refractivity contribution in [1.29, 1.82) is 0 Å². The minimum atomic E-state index is -3.27. The molecule has 0 aliphatic heterocycles. The summed E-state index contributed by atoms with van der Waals surface area (Å²) in [6, 6.07) is 0.265. The third-order valence-electron chi connectivity index (χ3n) is 1.35. The van der Waals surface area contributed by atoms with Gasteiger partial charge in [-0.25, -0.2) is 13.2 Å². The van der Waals surface area contributed by atoms with E-state index in [4.69, 9.17) is 5.11 Å². The number of halogens is 3. The van der Waals surface area contributed by atoms with E-state index in [1.54, 1.807) is 0 Å². The van der Waals surface area contributed by atoms with Crippen LogP contribution in [0.3, 0.4) is 0 Å². The molecule has 76 valence electrons. The molecule has 0 radical (unpaired) electrons. The SMILES string of the molecule is O=[N+]([O-])c1cc(F)c(O)c(C(F)F)n1. The zero-order valence-electron chi connectivity index (χ0n) is 6.45. The number of rotatable bonds is 2. The lowest BCUT2D eigenvalue weighted by atomic mass is 10.3. The Labute approximate surface area is 75.0 Å². The van der Waals surface area contributed by atoms with Gasteiger partial charge in [-0.3, -0.25) is 0 Å². The quantitative estimate of drug-likeness (QED) is 0.593. The van der Waals surface area contributed by atoms with Gasteiger partial charge in [0.05, 0.1) is 6.07 Å². The molecule has 0 atom stereocenters. The maximum absolute atomic E-state index is 12.6. The molecule has 0 aliphatic rings. The van der Waals surface area contributed by atoms with Gasteiger partial charge in [0.2, 0.25) is 5.75 Å². The van der Waals surface area contributed by atoms with Crippen LogP contribution in [0, 0.1) is 15.9 Å². The highest BCUT2D eigenvalue weighted by molar-refractivity contribution is 5.35. The number of nitrogens with zero attached hydrogens (tertiary/aromatic N) is 2. The lowest BCUT2D eigenvalue weighted by Gasteiger charge is -1.99. The Morgan fingerprint density at radius 2 is 2.14 bits per heavy atom.